The third-order valence-electron chi connectivity index (χ3n) is 14.6. The SMILES string of the molecule is Cn1c(=O)oc2ccc(CNC(=O)c3cc(C(=O)N[C@H]4CCc5cc(-c6nn[nH]n6)ccc54)n4c(=S)[nH]nc4n3)cc21.Cn1c(=O)oc2ccc(CNC(=O)c3cc(C(=O)N[C@H]4CCc5cc(-c6nn[nH]n6)ccc54)nc4n[nH]c(=S)n34)cc21. The maximum atomic E-state index is 13.6. The van der Waals surface area contributed by atoms with E-state index >= 15 is 0 Å². The number of carbonyl (C=O) groups is 4. The molecule has 2 aliphatic rings. The number of nitrogens with zero attached hydrogens (tertiary/aromatic N) is 14. The third kappa shape index (κ3) is 9.73. The van der Waals surface area contributed by atoms with E-state index in [0.717, 1.165) is 57.3 Å². The maximum absolute atomic E-state index is 13.6. The van der Waals surface area contributed by atoms with Gasteiger partial charge in [0.2, 0.25) is 21.2 Å². The molecule has 0 bridgehead atoms. The predicted molar refractivity (Wildman–Crippen MR) is 298 cm³/mol. The second kappa shape index (κ2) is 21.1. The number of hydrogen-bond donors (Lipinski definition) is 8. The van der Waals surface area contributed by atoms with E-state index in [-0.39, 0.29) is 69.0 Å². The average Bonchev–Trinajstić information content (AvgIpc) is 3.97. The molecule has 0 spiro atoms. The van der Waals surface area contributed by atoms with Gasteiger partial charge in [-0.2, -0.15) is 10.4 Å². The summed E-state index contributed by atoms with van der Waals surface area (Å²) < 4.78 is 16.2. The molecule has 4 aromatic carbocycles. The lowest BCUT2D eigenvalue weighted by Crippen LogP contribution is -2.30. The molecule has 12 aromatic rings. The van der Waals surface area contributed by atoms with Gasteiger partial charge in [0.15, 0.2) is 11.2 Å². The average molecular weight is 1170 g/mol. The molecule has 0 fully saturated rings. The van der Waals surface area contributed by atoms with Crippen molar-refractivity contribution in [3.63, 3.8) is 0 Å². The lowest BCUT2D eigenvalue weighted by Gasteiger charge is -2.15. The Morgan fingerprint density at radius 3 is 1.52 bits per heavy atom. The molecule has 2 aliphatic carbocycles. The van der Waals surface area contributed by atoms with Crippen LogP contribution in [0.2, 0.25) is 0 Å². The van der Waals surface area contributed by atoms with Gasteiger partial charge in [-0.15, -0.1) is 30.6 Å². The zero-order valence-electron chi connectivity index (χ0n) is 43.8. The molecule has 0 saturated heterocycles. The van der Waals surface area contributed by atoms with Crippen molar-refractivity contribution in [2.45, 2.75) is 50.9 Å². The van der Waals surface area contributed by atoms with Gasteiger partial charge in [0, 0.05) is 38.3 Å². The van der Waals surface area contributed by atoms with Crippen molar-refractivity contribution in [2.24, 2.45) is 14.1 Å². The molecular weight excluding hydrogens is 1120 g/mol. The minimum Gasteiger partial charge on any atom is -0.408 e. The lowest BCUT2D eigenvalue weighted by atomic mass is 10.0. The predicted octanol–water partition coefficient (Wildman–Crippen LogP) is 3.52. The molecule has 0 unspecified atom stereocenters. The number of aromatic amines is 4. The molecule has 8 heterocycles. The van der Waals surface area contributed by atoms with Crippen LogP contribution in [0.5, 0.6) is 0 Å². The topological polar surface area (TPSA) is 388 Å². The van der Waals surface area contributed by atoms with E-state index < -0.39 is 35.1 Å². The van der Waals surface area contributed by atoms with Crippen molar-refractivity contribution in [3.05, 3.63) is 172 Å². The number of aryl methyl sites for hydroxylation is 4. The van der Waals surface area contributed by atoms with Crippen LogP contribution < -0.4 is 32.8 Å². The Morgan fingerprint density at radius 2 is 1.04 bits per heavy atom. The quantitative estimate of drug-likeness (QED) is 0.0811. The zero-order chi connectivity index (χ0) is 57.9. The van der Waals surface area contributed by atoms with Crippen molar-refractivity contribution in [1.29, 1.82) is 0 Å². The van der Waals surface area contributed by atoms with Crippen LogP contribution in [0.25, 0.3) is 56.5 Å². The Kier molecular flexibility index (Phi) is 13.2. The molecule has 4 amide bonds. The Balaban J connectivity index is 0.000000157. The summed E-state index contributed by atoms with van der Waals surface area (Å²) in [6, 6.07) is 24.3. The minimum absolute atomic E-state index is 0.00462. The summed E-state index contributed by atoms with van der Waals surface area (Å²) in [6.45, 7) is 0.301. The molecule has 420 valence electrons. The van der Waals surface area contributed by atoms with Gasteiger partial charge in [0.05, 0.1) is 23.1 Å². The summed E-state index contributed by atoms with van der Waals surface area (Å²) in [6.07, 6.45) is 2.92. The highest BCUT2D eigenvalue weighted by atomic mass is 32.1. The summed E-state index contributed by atoms with van der Waals surface area (Å²) in [7, 11) is 3.21. The molecule has 8 N–H and O–H groups in total. The first-order valence-electron chi connectivity index (χ1n) is 25.8. The number of carbonyl (C=O) groups excluding carboxylic acids is 4. The highest BCUT2D eigenvalue weighted by molar-refractivity contribution is 7.71. The van der Waals surface area contributed by atoms with Gasteiger partial charge in [-0.1, -0.05) is 36.4 Å². The van der Waals surface area contributed by atoms with Crippen molar-refractivity contribution >= 4 is 81.8 Å². The van der Waals surface area contributed by atoms with E-state index in [9.17, 15) is 28.8 Å². The number of rotatable bonds is 12. The standard InChI is InChI=1S/2C26H21N11O4S/c1-36-18-8-12(2-7-20(18)41-26(36)40)11-27-23(39)19-10-17(29-24-32-33-25(42)37(19)24)22(38)28-16-6-4-13-9-14(3-5-15(13)16)21-30-34-35-31-21;1-36-18-8-12(2-7-20(18)41-26(36)40)11-27-22(38)17-10-19(37-24(29-17)32-33-25(37)42)23(39)28-16-6-4-13-9-14(3-5-15(13)16)21-30-34-35-31-21/h2-3,5,7-10,16H,4,6,11H2,1H3,(H,27,39)(H,28,38)(H,33,42)(H,30,31,34,35);2-3,5,7-10,16H,4,6,11H2,1H3,(H,27,38)(H,28,39)(H,33,42)(H,30,31,34,35)/t2*16-/m00/s1. The summed E-state index contributed by atoms with van der Waals surface area (Å²) in [5.74, 6) is -1.66. The first-order valence-corrected chi connectivity index (χ1v) is 26.6. The monoisotopic (exact) mass is 1170 g/mol. The highest BCUT2D eigenvalue weighted by Gasteiger charge is 2.29. The number of benzene rings is 4. The fraction of sp³-hybridized carbons (Fsp3) is 0.192. The van der Waals surface area contributed by atoms with Crippen LogP contribution >= 0.6 is 24.4 Å². The molecule has 30 nitrogen and oxygen atoms in total. The number of oxazole rings is 2. The maximum Gasteiger partial charge on any atom is 0.419 e. The van der Waals surface area contributed by atoms with E-state index in [2.05, 4.69) is 92.9 Å². The van der Waals surface area contributed by atoms with Gasteiger partial charge in [0.25, 0.3) is 35.2 Å². The largest absolute Gasteiger partial charge is 0.419 e. The smallest absolute Gasteiger partial charge is 0.408 e. The normalized spacial score (nSPS) is 14.4. The van der Waals surface area contributed by atoms with Crippen LogP contribution in [-0.4, -0.2) is 113 Å². The summed E-state index contributed by atoms with van der Waals surface area (Å²) >= 11 is 10.7. The molecular formula is C52H42N22O8S2. The Bertz CT molecular complexity index is 4890. The number of aromatic nitrogens is 18. The number of hydrogen-bond acceptors (Lipinski definition) is 20. The van der Waals surface area contributed by atoms with Crippen molar-refractivity contribution in [2.75, 3.05) is 0 Å². The summed E-state index contributed by atoms with van der Waals surface area (Å²) in [5.41, 5.74) is 9.64. The number of fused-ring (bicyclic) bond motifs is 6. The molecule has 0 radical (unpaired) electrons. The van der Waals surface area contributed by atoms with Gasteiger partial charge in [0.1, 0.15) is 22.8 Å². The second-order valence-corrected chi connectivity index (χ2v) is 20.4. The van der Waals surface area contributed by atoms with E-state index in [0.29, 0.717) is 46.7 Å². The molecule has 14 rings (SSSR count). The van der Waals surface area contributed by atoms with Crippen LogP contribution in [0, 0.1) is 9.54 Å². The van der Waals surface area contributed by atoms with Crippen molar-refractivity contribution in [3.8, 4) is 22.8 Å². The van der Waals surface area contributed by atoms with Crippen molar-refractivity contribution in [1.82, 2.24) is 111 Å². The van der Waals surface area contributed by atoms with Crippen LogP contribution in [0.15, 0.2) is 103 Å². The van der Waals surface area contributed by atoms with Gasteiger partial charge in [-0.3, -0.25) is 28.3 Å². The highest BCUT2D eigenvalue weighted by Crippen LogP contribution is 2.35. The molecule has 2 atom stereocenters. The van der Waals surface area contributed by atoms with Crippen LogP contribution in [0.3, 0.4) is 0 Å². The van der Waals surface area contributed by atoms with Gasteiger partial charge < -0.3 is 30.1 Å². The fourth-order valence-corrected chi connectivity index (χ4v) is 10.8. The Morgan fingerprint density at radius 1 is 0.571 bits per heavy atom. The molecule has 84 heavy (non-hydrogen) atoms. The zero-order valence-corrected chi connectivity index (χ0v) is 45.5. The summed E-state index contributed by atoms with van der Waals surface area (Å²) in [4.78, 5) is 85.7. The van der Waals surface area contributed by atoms with Crippen molar-refractivity contribution < 1.29 is 28.0 Å². The van der Waals surface area contributed by atoms with Gasteiger partial charge in [-0.25, -0.2) is 38.6 Å². The molecule has 0 aliphatic heterocycles. The number of amides is 4. The van der Waals surface area contributed by atoms with E-state index in [1.54, 1.807) is 50.5 Å². The van der Waals surface area contributed by atoms with E-state index in [1.807, 2.05) is 36.4 Å². The van der Waals surface area contributed by atoms with Gasteiger partial charge in [-0.05, 0) is 142 Å². The van der Waals surface area contributed by atoms with E-state index in [1.165, 1.54) is 30.1 Å². The first kappa shape index (κ1) is 52.4. The van der Waals surface area contributed by atoms with Gasteiger partial charge >= 0.3 is 11.5 Å². The van der Waals surface area contributed by atoms with E-state index in [4.69, 9.17) is 33.3 Å². The number of H-pyrrole nitrogens is 4. The third-order valence-corrected chi connectivity index (χ3v) is 15.1. The minimum atomic E-state index is -0.512. The lowest BCUT2D eigenvalue weighted by molar-refractivity contribution is 0.0918. The first-order chi connectivity index (χ1) is 40.7. The molecule has 32 heteroatoms. The molecule has 8 aromatic heterocycles. The van der Waals surface area contributed by atoms with Crippen LogP contribution in [-0.2, 0) is 40.0 Å². The number of tetrazole rings is 2. The molecule has 0 saturated carbocycles. The summed E-state index contributed by atoms with van der Waals surface area (Å²) in [5, 5.41) is 53.4. The van der Waals surface area contributed by atoms with Crippen LogP contribution in [0.4, 0.5) is 0 Å². The Labute approximate surface area is 478 Å². The van der Waals surface area contributed by atoms with Crippen LogP contribution in [0.1, 0.15) is 100 Å². The fourth-order valence-electron chi connectivity index (χ4n) is 10.4. The Hall–Kier alpha value is -11.0. The second-order valence-electron chi connectivity index (χ2n) is 19.6. The number of nitrogens with one attached hydrogen (secondary N) is 8.